The second-order valence-corrected chi connectivity index (χ2v) is 13.5. The van der Waals surface area contributed by atoms with E-state index in [2.05, 4.69) is 38.7 Å². The smallest absolute Gasteiger partial charge is 0.221 e. The van der Waals surface area contributed by atoms with Crippen LogP contribution >= 0.6 is 0 Å². The lowest BCUT2D eigenvalue weighted by Crippen LogP contribution is -2.60. The topological polar surface area (TPSA) is 49.8 Å². The second kappa shape index (κ2) is 7.32. The summed E-state index contributed by atoms with van der Waals surface area (Å²) in [6.07, 6.45) is 12.9. The van der Waals surface area contributed by atoms with Gasteiger partial charge in [-0.1, -0.05) is 39.3 Å². The van der Waals surface area contributed by atoms with E-state index in [4.69, 9.17) is 4.74 Å². The molecular weight excluding hydrogens is 410 g/mol. The first-order chi connectivity index (χ1) is 15.6. The predicted molar refractivity (Wildman–Crippen MR) is 129 cm³/mol. The van der Waals surface area contributed by atoms with E-state index in [0.717, 1.165) is 56.4 Å². The Morgan fingerprint density at radius 2 is 1.91 bits per heavy atom. The van der Waals surface area contributed by atoms with Gasteiger partial charge in [0, 0.05) is 19.4 Å². The van der Waals surface area contributed by atoms with Crippen molar-refractivity contribution in [3.05, 3.63) is 11.6 Å². The predicted octanol–water partition coefficient (Wildman–Crippen LogP) is 5.55. The summed E-state index contributed by atoms with van der Waals surface area (Å²) in [5.41, 5.74) is 1.79. The molecule has 6 rings (SSSR count). The highest BCUT2D eigenvalue weighted by Crippen LogP contribution is 2.70. The van der Waals surface area contributed by atoms with Gasteiger partial charge in [-0.25, -0.2) is 0 Å². The van der Waals surface area contributed by atoms with E-state index >= 15 is 0 Å². The molecule has 3 saturated carbocycles. The van der Waals surface area contributed by atoms with Crippen molar-refractivity contribution in [1.29, 1.82) is 0 Å². The van der Waals surface area contributed by atoms with E-state index in [9.17, 15) is 9.90 Å². The van der Waals surface area contributed by atoms with Gasteiger partial charge in [0.05, 0.1) is 12.2 Å². The maximum atomic E-state index is 12.7. The average Bonchev–Trinajstić information content (AvgIpc) is 3.21. The SMILES string of the molecule is CC(=O)N1C[C@H](C)CC[C@]12O[C@@H]1C[C@@H]3[C@H]4CC=C5C[C@H](O)CC[C@]5(C)[C@@H]4CC[C@]3(C)[C@H]1[C@@H]2C. The summed E-state index contributed by atoms with van der Waals surface area (Å²) in [5.74, 6) is 3.95. The van der Waals surface area contributed by atoms with Crippen molar-refractivity contribution in [2.75, 3.05) is 6.54 Å². The first-order valence-electron chi connectivity index (χ1n) is 13.9. The molecule has 4 heteroatoms. The molecule has 0 unspecified atom stereocenters. The maximum absolute atomic E-state index is 12.7. The van der Waals surface area contributed by atoms with Crippen LogP contribution in [0.5, 0.6) is 0 Å². The number of fused-ring (bicyclic) bond motifs is 7. The van der Waals surface area contributed by atoms with Gasteiger partial charge in [-0.15, -0.1) is 0 Å². The first kappa shape index (κ1) is 22.6. The summed E-state index contributed by atoms with van der Waals surface area (Å²) in [5, 5.41) is 10.3. The van der Waals surface area contributed by atoms with Crippen molar-refractivity contribution in [2.45, 2.75) is 110 Å². The number of rotatable bonds is 0. The number of amides is 1. The van der Waals surface area contributed by atoms with Crippen molar-refractivity contribution < 1.29 is 14.6 Å². The fraction of sp³-hybridized carbons (Fsp3) is 0.897. The van der Waals surface area contributed by atoms with Gasteiger partial charge in [0.25, 0.3) is 0 Å². The molecule has 4 nitrogen and oxygen atoms in total. The Balaban J connectivity index is 1.30. The van der Waals surface area contributed by atoms with Crippen LogP contribution in [0, 0.1) is 46.3 Å². The molecule has 1 amide bonds. The van der Waals surface area contributed by atoms with E-state index < -0.39 is 0 Å². The van der Waals surface area contributed by atoms with Crippen molar-refractivity contribution in [3.63, 3.8) is 0 Å². The lowest BCUT2D eigenvalue weighted by atomic mass is 9.47. The van der Waals surface area contributed by atoms with Crippen LogP contribution in [0.15, 0.2) is 11.6 Å². The summed E-state index contributed by atoms with van der Waals surface area (Å²) < 4.78 is 7.09. The lowest BCUT2D eigenvalue weighted by molar-refractivity contribution is -0.200. The van der Waals surface area contributed by atoms with Gasteiger partial charge < -0.3 is 14.7 Å². The molecule has 0 aromatic heterocycles. The zero-order valence-electron chi connectivity index (χ0n) is 21.5. The zero-order valence-corrected chi connectivity index (χ0v) is 21.5. The van der Waals surface area contributed by atoms with Crippen LogP contribution in [0.25, 0.3) is 0 Å². The Bertz CT molecular complexity index is 869. The minimum atomic E-state index is -0.371. The van der Waals surface area contributed by atoms with Crippen LogP contribution in [0.4, 0.5) is 0 Å². The summed E-state index contributed by atoms with van der Waals surface area (Å²) in [6.45, 7) is 12.4. The highest BCUT2D eigenvalue weighted by molar-refractivity contribution is 5.74. The molecule has 184 valence electrons. The van der Waals surface area contributed by atoms with Crippen molar-refractivity contribution >= 4 is 5.91 Å². The number of hydrogen-bond donors (Lipinski definition) is 1. The molecular formula is C29H45NO3. The Morgan fingerprint density at radius 1 is 1.12 bits per heavy atom. The van der Waals surface area contributed by atoms with E-state index in [1.165, 1.54) is 25.7 Å². The van der Waals surface area contributed by atoms with Crippen LogP contribution in [0.1, 0.15) is 92.4 Å². The minimum absolute atomic E-state index is 0.131. The molecule has 0 bridgehead atoms. The standard InChI is InChI=1S/C29H45NO3/c1-17-8-13-29(30(16-17)19(3)31)18(2)26-25(33-29)15-24-22-7-6-20-14-21(32)9-11-27(20,4)23(22)10-12-28(24,26)5/h6,17-18,21-26,32H,7-16H2,1-5H3/t17-,18+,21-,22+,23-,24-,25-,26+,27+,28+,29-/m1/s1. The molecule has 0 aromatic rings. The van der Waals surface area contributed by atoms with Gasteiger partial charge in [-0.3, -0.25) is 4.79 Å². The number of hydrogen-bond acceptors (Lipinski definition) is 3. The molecule has 33 heavy (non-hydrogen) atoms. The zero-order chi connectivity index (χ0) is 23.3. The molecule has 1 N–H and O–H groups in total. The molecule has 2 heterocycles. The van der Waals surface area contributed by atoms with Crippen LogP contribution in [0.2, 0.25) is 0 Å². The molecule has 2 aliphatic heterocycles. The van der Waals surface area contributed by atoms with Crippen LogP contribution in [0.3, 0.4) is 0 Å². The van der Waals surface area contributed by atoms with Gasteiger partial charge in [0.2, 0.25) is 5.91 Å². The average molecular weight is 456 g/mol. The number of carbonyl (C=O) groups excluding carboxylic acids is 1. The van der Waals surface area contributed by atoms with Crippen LogP contribution in [-0.4, -0.2) is 40.4 Å². The number of ether oxygens (including phenoxy) is 1. The monoisotopic (exact) mass is 455 g/mol. The highest BCUT2D eigenvalue weighted by atomic mass is 16.5. The quantitative estimate of drug-likeness (QED) is 0.488. The summed E-state index contributed by atoms with van der Waals surface area (Å²) in [7, 11) is 0. The Kier molecular flexibility index (Phi) is 5.01. The number of piperidine rings is 1. The number of allylic oxidation sites excluding steroid dienone is 1. The van der Waals surface area contributed by atoms with Crippen molar-refractivity contribution in [2.24, 2.45) is 46.3 Å². The molecule has 0 radical (unpaired) electrons. The fourth-order valence-electron chi connectivity index (χ4n) is 10.5. The third kappa shape index (κ3) is 2.92. The third-order valence-electron chi connectivity index (χ3n) is 12.1. The number of nitrogens with zero attached hydrogens (tertiary/aromatic N) is 1. The van der Waals surface area contributed by atoms with E-state index in [0.29, 0.717) is 34.7 Å². The summed E-state index contributed by atoms with van der Waals surface area (Å²) in [6, 6.07) is 0. The number of aliphatic hydroxyl groups excluding tert-OH is 1. The Labute approximate surface area is 200 Å². The van der Waals surface area contributed by atoms with E-state index in [1.807, 2.05) is 0 Å². The van der Waals surface area contributed by atoms with E-state index in [-0.39, 0.29) is 17.7 Å². The largest absolute Gasteiger partial charge is 0.393 e. The highest BCUT2D eigenvalue weighted by Gasteiger charge is 2.69. The van der Waals surface area contributed by atoms with Gasteiger partial charge in [0.15, 0.2) is 0 Å². The van der Waals surface area contributed by atoms with Gasteiger partial charge in [-0.2, -0.15) is 0 Å². The van der Waals surface area contributed by atoms with E-state index in [1.54, 1.807) is 12.5 Å². The lowest BCUT2D eigenvalue weighted by Gasteiger charge is -2.59. The number of likely N-dealkylation sites (tertiary alicyclic amines) is 1. The van der Waals surface area contributed by atoms with Gasteiger partial charge in [0.1, 0.15) is 5.72 Å². The van der Waals surface area contributed by atoms with Crippen LogP contribution < -0.4 is 0 Å². The second-order valence-electron chi connectivity index (χ2n) is 13.5. The summed E-state index contributed by atoms with van der Waals surface area (Å²) in [4.78, 5) is 14.9. The normalized spacial score (nSPS) is 55.5. The molecule has 6 aliphatic rings. The molecule has 0 aromatic carbocycles. The fourth-order valence-corrected chi connectivity index (χ4v) is 10.5. The Hall–Kier alpha value is -0.870. The minimum Gasteiger partial charge on any atom is -0.393 e. The number of aliphatic hydroxyl groups is 1. The molecule has 4 aliphatic carbocycles. The van der Waals surface area contributed by atoms with Gasteiger partial charge >= 0.3 is 0 Å². The van der Waals surface area contributed by atoms with Crippen molar-refractivity contribution in [3.8, 4) is 0 Å². The number of carbonyl (C=O) groups is 1. The van der Waals surface area contributed by atoms with Gasteiger partial charge in [-0.05, 0) is 98.2 Å². The molecule has 2 saturated heterocycles. The Morgan fingerprint density at radius 3 is 2.67 bits per heavy atom. The third-order valence-corrected chi connectivity index (χ3v) is 12.1. The molecule has 5 fully saturated rings. The van der Waals surface area contributed by atoms with Crippen molar-refractivity contribution in [1.82, 2.24) is 4.90 Å². The molecule has 1 spiro atoms. The summed E-state index contributed by atoms with van der Waals surface area (Å²) >= 11 is 0. The molecule has 11 atom stereocenters. The first-order valence-corrected chi connectivity index (χ1v) is 13.9. The van der Waals surface area contributed by atoms with Crippen LogP contribution in [-0.2, 0) is 9.53 Å². The maximum Gasteiger partial charge on any atom is 0.221 e.